The van der Waals surface area contributed by atoms with Gasteiger partial charge in [-0.1, -0.05) is 12.8 Å². The second kappa shape index (κ2) is 4.51. The zero-order valence-electron chi connectivity index (χ0n) is 7.95. The van der Waals surface area contributed by atoms with Crippen molar-refractivity contribution >= 4 is 11.6 Å². The first kappa shape index (κ1) is 10.4. The molecule has 1 fully saturated rings. The van der Waals surface area contributed by atoms with Crippen LogP contribution in [0.15, 0.2) is 0 Å². The van der Waals surface area contributed by atoms with Crippen LogP contribution in [0.4, 0.5) is 0 Å². The molecule has 3 heteroatoms. The highest BCUT2D eigenvalue weighted by Gasteiger charge is 2.29. The third-order valence-electron chi connectivity index (χ3n) is 2.57. The first-order valence-electron chi connectivity index (χ1n) is 4.81. The molecule has 0 amide bonds. The molecule has 3 nitrogen and oxygen atoms in total. The van der Waals surface area contributed by atoms with E-state index in [-0.39, 0.29) is 23.9 Å². The lowest BCUT2D eigenvalue weighted by atomic mass is 9.82. The normalized spacial score (nSPS) is 28.5. The fourth-order valence-electron chi connectivity index (χ4n) is 1.86. The van der Waals surface area contributed by atoms with Crippen LogP contribution in [0.2, 0.25) is 0 Å². The maximum atomic E-state index is 11.4. The molecule has 0 bridgehead atoms. The molecule has 0 radical (unpaired) electrons. The number of aliphatic hydroxyl groups excluding tert-OH is 1. The van der Waals surface area contributed by atoms with Gasteiger partial charge < -0.3 is 5.11 Å². The zero-order valence-corrected chi connectivity index (χ0v) is 7.95. The van der Waals surface area contributed by atoms with Gasteiger partial charge in [-0.2, -0.15) is 0 Å². The fourth-order valence-corrected chi connectivity index (χ4v) is 1.86. The summed E-state index contributed by atoms with van der Waals surface area (Å²) >= 11 is 0. The van der Waals surface area contributed by atoms with Crippen LogP contribution < -0.4 is 0 Å². The Balaban J connectivity index is 2.48. The quantitative estimate of drug-likeness (QED) is 0.668. The summed E-state index contributed by atoms with van der Waals surface area (Å²) < 4.78 is 0. The van der Waals surface area contributed by atoms with E-state index in [9.17, 15) is 14.7 Å². The third kappa shape index (κ3) is 2.92. The predicted octanol–water partition coefficient (Wildman–Crippen LogP) is 1.09. The van der Waals surface area contributed by atoms with Crippen molar-refractivity contribution in [3.8, 4) is 0 Å². The summed E-state index contributed by atoms with van der Waals surface area (Å²) in [5.41, 5.74) is 0. The van der Waals surface area contributed by atoms with Crippen LogP contribution in [-0.4, -0.2) is 22.8 Å². The van der Waals surface area contributed by atoms with Gasteiger partial charge in [-0.25, -0.2) is 0 Å². The molecule has 1 rings (SSSR count). The van der Waals surface area contributed by atoms with Gasteiger partial charge in [-0.3, -0.25) is 9.59 Å². The Bertz CT molecular complexity index is 210. The Morgan fingerprint density at radius 2 is 1.92 bits per heavy atom. The highest BCUT2D eigenvalue weighted by Crippen LogP contribution is 2.25. The van der Waals surface area contributed by atoms with Crippen LogP contribution >= 0.6 is 0 Å². The zero-order chi connectivity index (χ0) is 9.84. The van der Waals surface area contributed by atoms with Crippen LogP contribution in [0.3, 0.4) is 0 Å². The Morgan fingerprint density at radius 1 is 1.31 bits per heavy atom. The standard InChI is InChI=1S/C10H16O3/c1-7(11)6-10(13)8-4-2-3-5-9(8)12/h8-9,12H,2-6H2,1H3. The Kier molecular flexibility index (Phi) is 3.60. The van der Waals surface area contributed by atoms with Crippen molar-refractivity contribution in [3.63, 3.8) is 0 Å². The van der Waals surface area contributed by atoms with E-state index in [1.807, 2.05) is 0 Å². The molecule has 2 atom stereocenters. The number of carbonyl (C=O) groups is 2. The third-order valence-corrected chi connectivity index (χ3v) is 2.57. The molecule has 0 spiro atoms. The first-order valence-corrected chi connectivity index (χ1v) is 4.81. The second-order valence-corrected chi connectivity index (χ2v) is 3.80. The lowest BCUT2D eigenvalue weighted by Gasteiger charge is -2.25. The van der Waals surface area contributed by atoms with E-state index in [0.29, 0.717) is 6.42 Å². The van der Waals surface area contributed by atoms with Crippen molar-refractivity contribution in [3.05, 3.63) is 0 Å². The summed E-state index contributed by atoms with van der Waals surface area (Å²) in [6.07, 6.45) is 2.90. The molecular weight excluding hydrogens is 168 g/mol. The molecule has 1 aliphatic carbocycles. The van der Waals surface area contributed by atoms with Gasteiger partial charge in [0.2, 0.25) is 0 Å². The van der Waals surface area contributed by atoms with Gasteiger partial charge in [-0.05, 0) is 19.8 Å². The van der Waals surface area contributed by atoms with Crippen molar-refractivity contribution in [2.24, 2.45) is 5.92 Å². The van der Waals surface area contributed by atoms with Crippen LogP contribution in [0.5, 0.6) is 0 Å². The highest BCUT2D eigenvalue weighted by atomic mass is 16.3. The van der Waals surface area contributed by atoms with E-state index in [2.05, 4.69) is 0 Å². The predicted molar refractivity (Wildman–Crippen MR) is 48.3 cm³/mol. The molecule has 13 heavy (non-hydrogen) atoms. The van der Waals surface area contributed by atoms with Crippen LogP contribution in [0.1, 0.15) is 39.0 Å². The lowest BCUT2D eigenvalue weighted by Crippen LogP contribution is -2.32. The van der Waals surface area contributed by atoms with E-state index in [0.717, 1.165) is 19.3 Å². The minimum atomic E-state index is -0.513. The molecule has 0 aromatic carbocycles. The summed E-state index contributed by atoms with van der Waals surface area (Å²) in [6, 6.07) is 0. The number of rotatable bonds is 3. The van der Waals surface area contributed by atoms with Gasteiger partial charge >= 0.3 is 0 Å². The molecule has 0 heterocycles. The molecule has 74 valence electrons. The molecule has 0 saturated heterocycles. The van der Waals surface area contributed by atoms with E-state index >= 15 is 0 Å². The van der Waals surface area contributed by atoms with E-state index in [1.54, 1.807) is 0 Å². The number of Topliss-reactive ketones (excluding diaryl/α,β-unsaturated/α-hetero) is 2. The maximum absolute atomic E-state index is 11.4. The van der Waals surface area contributed by atoms with Gasteiger partial charge in [-0.15, -0.1) is 0 Å². The first-order chi connectivity index (χ1) is 6.11. The lowest BCUT2D eigenvalue weighted by molar-refractivity contribution is -0.132. The Hall–Kier alpha value is -0.700. The summed E-state index contributed by atoms with van der Waals surface area (Å²) in [4.78, 5) is 22.1. The van der Waals surface area contributed by atoms with E-state index < -0.39 is 6.10 Å². The number of aliphatic hydroxyl groups is 1. The average molecular weight is 184 g/mol. The molecule has 1 N–H and O–H groups in total. The van der Waals surface area contributed by atoms with Crippen molar-refractivity contribution < 1.29 is 14.7 Å². The van der Waals surface area contributed by atoms with Crippen LogP contribution in [-0.2, 0) is 9.59 Å². The number of hydrogen-bond donors (Lipinski definition) is 1. The smallest absolute Gasteiger partial charge is 0.145 e. The number of carbonyl (C=O) groups excluding carboxylic acids is 2. The maximum Gasteiger partial charge on any atom is 0.145 e. The summed E-state index contributed by atoms with van der Waals surface area (Å²) in [6.45, 7) is 1.41. The monoisotopic (exact) mass is 184 g/mol. The fraction of sp³-hybridized carbons (Fsp3) is 0.800. The molecule has 2 unspecified atom stereocenters. The summed E-state index contributed by atoms with van der Waals surface area (Å²) in [5, 5.41) is 9.52. The van der Waals surface area contributed by atoms with Gasteiger partial charge in [0, 0.05) is 5.92 Å². The van der Waals surface area contributed by atoms with Crippen molar-refractivity contribution in [1.29, 1.82) is 0 Å². The molecular formula is C10H16O3. The molecule has 1 aliphatic rings. The van der Waals surface area contributed by atoms with Gasteiger partial charge in [0.05, 0.1) is 12.5 Å². The van der Waals surface area contributed by atoms with Crippen molar-refractivity contribution in [2.45, 2.75) is 45.1 Å². The minimum Gasteiger partial charge on any atom is -0.392 e. The van der Waals surface area contributed by atoms with Crippen molar-refractivity contribution in [1.82, 2.24) is 0 Å². The highest BCUT2D eigenvalue weighted by molar-refractivity contribution is 5.99. The SMILES string of the molecule is CC(=O)CC(=O)C1CCCCC1O. The van der Waals surface area contributed by atoms with Gasteiger partial charge in [0.15, 0.2) is 0 Å². The Labute approximate surface area is 78.1 Å². The minimum absolute atomic E-state index is 0.0122. The Morgan fingerprint density at radius 3 is 2.46 bits per heavy atom. The van der Waals surface area contributed by atoms with Crippen molar-refractivity contribution in [2.75, 3.05) is 0 Å². The largest absolute Gasteiger partial charge is 0.392 e. The van der Waals surface area contributed by atoms with Gasteiger partial charge in [0.25, 0.3) is 0 Å². The summed E-state index contributed by atoms with van der Waals surface area (Å²) in [5.74, 6) is -0.472. The molecule has 0 aromatic rings. The van der Waals surface area contributed by atoms with Gasteiger partial charge in [0.1, 0.15) is 11.6 Å². The average Bonchev–Trinajstić information content (AvgIpc) is 2.03. The molecule has 0 aliphatic heterocycles. The number of ketones is 2. The van der Waals surface area contributed by atoms with Crippen LogP contribution in [0, 0.1) is 5.92 Å². The summed E-state index contributed by atoms with van der Waals surface area (Å²) in [7, 11) is 0. The number of hydrogen-bond acceptors (Lipinski definition) is 3. The van der Waals surface area contributed by atoms with Crippen LogP contribution in [0.25, 0.3) is 0 Å². The second-order valence-electron chi connectivity index (χ2n) is 3.80. The van der Waals surface area contributed by atoms with E-state index in [4.69, 9.17) is 0 Å². The molecule has 0 aromatic heterocycles. The van der Waals surface area contributed by atoms with E-state index in [1.165, 1.54) is 6.92 Å². The topological polar surface area (TPSA) is 54.4 Å². The molecule has 1 saturated carbocycles.